The molecule has 0 amide bonds. The lowest BCUT2D eigenvalue weighted by Crippen LogP contribution is -1.92. The number of halogens is 1. The number of para-hydroxylation sites is 1. The monoisotopic (exact) mass is 231 g/mol. The van der Waals surface area contributed by atoms with Gasteiger partial charge in [-0.2, -0.15) is 0 Å². The summed E-state index contributed by atoms with van der Waals surface area (Å²) < 4.78 is 0. The van der Waals surface area contributed by atoms with Gasteiger partial charge in [-0.25, -0.2) is 0 Å². The van der Waals surface area contributed by atoms with Gasteiger partial charge >= 0.3 is 0 Å². The second-order valence-corrected chi connectivity index (χ2v) is 4.39. The molecule has 0 radical (unpaired) electrons. The SMILES string of the molecule is Cc1cc(C)cc(Nc2ccccc2Cl)c1. The van der Waals surface area contributed by atoms with Gasteiger partial charge in [0.2, 0.25) is 0 Å². The highest BCUT2D eigenvalue weighted by molar-refractivity contribution is 6.33. The summed E-state index contributed by atoms with van der Waals surface area (Å²) in [5.74, 6) is 0. The smallest absolute Gasteiger partial charge is 0.0640 e. The van der Waals surface area contributed by atoms with E-state index in [1.165, 1.54) is 11.1 Å². The van der Waals surface area contributed by atoms with Crippen LogP contribution in [0.15, 0.2) is 42.5 Å². The average Bonchev–Trinajstić information content (AvgIpc) is 2.20. The van der Waals surface area contributed by atoms with Crippen molar-refractivity contribution < 1.29 is 0 Å². The minimum absolute atomic E-state index is 0.738. The molecule has 0 aromatic heterocycles. The van der Waals surface area contributed by atoms with Gasteiger partial charge in [-0.15, -0.1) is 0 Å². The molecule has 0 aliphatic carbocycles. The fraction of sp³-hybridized carbons (Fsp3) is 0.143. The molecule has 0 spiro atoms. The van der Waals surface area contributed by atoms with Crippen molar-refractivity contribution in [3.63, 3.8) is 0 Å². The van der Waals surface area contributed by atoms with E-state index in [0.29, 0.717) is 0 Å². The van der Waals surface area contributed by atoms with Crippen LogP contribution in [0.25, 0.3) is 0 Å². The van der Waals surface area contributed by atoms with Crippen LogP contribution < -0.4 is 5.32 Å². The van der Waals surface area contributed by atoms with Crippen LogP contribution in [-0.2, 0) is 0 Å². The summed E-state index contributed by atoms with van der Waals surface area (Å²) in [6, 6.07) is 14.1. The molecule has 0 aliphatic rings. The Kier molecular flexibility index (Phi) is 3.16. The lowest BCUT2D eigenvalue weighted by atomic mass is 10.1. The Bertz CT molecular complexity index is 486. The number of benzene rings is 2. The highest BCUT2D eigenvalue weighted by Gasteiger charge is 2.00. The molecule has 0 atom stereocenters. The Morgan fingerprint density at radius 2 is 1.56 bits per heavy atom. The van der Waals surface area contributed by atoms with Crippen LogP contribution in [0.1, 0.15) is 11.1 Å². The second kappa shape index (κ2) is 4.58. The Labute approximate surface area is 101 Å². The summed E-state index contributed by atoms with van der Waals surface area (Å²) in [5.41, 5.74) is 4.50. The molecule has 0 fully saturated rings. The summed E-state index contributed by atoms with van der Waals surface area (Å²) in [5, 5.41) is 4.06. The number of anilines is 2. The molecule has 1 nitrogen and oxygen atoms in total. The van der Waals surface area contributed by atoms with Crippen LogP contribution in [0.5, 0.6) is 0 Å². The molecule has 2 aromatic rings. The van der Waals surface area contributed by atoms with Gasteiger partial charge in [0.25, 0.3) is 0 Å². The van der Waals surface area contributed by atoms with Gasteiger partial charge in [0, 0.05) is 5.69 Å². The van der Waals surface area contributed by atoms with E-state index in [9.17, 15) is 0 Å². The molecule has 2 heteroatoms. The quantitative estimate of drug-likeness (QED) is 0.790. The van der Waals surface area contributed by atoms with E-state index in [1.807, 2.05) is 24.3 Å². The van der Waals surface area contributed by atoms with Gasteiger partial charge in [-0.3, -0.25) is 0 Å². The lowest BCUT2D eigenvalue weighted by Gasteiger charge is -2.09. The first-order valence-electron chi connectivity index (χ1n) is 5.25. The average molecular weight is 232 g/mol. The van der Waals surface area contributed by atoms with Crippen molar-refractivity contribution in [2.75, 3.05) is 5.32 Å². The van der Waals surface area contributed by atoms with Crippen LogP contribution in [0.3, 0.4) is 0 Å². The van der Waals surface area contributed by atoms with Crippen molar-refractivity contribution in [3.05, 3.63) is 58.6 Å². The van der Waals surface area contributed by atoms with Crippen LogP contribution in [-0.4, -0.2) is 0 Å². The molecule has 0 aliphatic heterocycles. The molecule has 0 unspecified atom stereocenters. The zero-order valence-electron chi connectivity index (χ0n) is 9.42. The Morgan fingerprint density at radius 1 is 0.938 bits per heavy atom. The molecule has 16 heavy (non-hydrogen) atoms. The largest absolute Gasteiger partial charge is 0.354 e. The van der Waals surface area contributed by atoms with E-state index in [-0.39, 0.29) is 0 Å². The van der Waals surface area contributed by atoms with E-state index < -0.39 is 0 Å². The molecule has 0 heterocycles. The zero-order valence-corrected chi connectivity index (χ0v) is 10.2. The van der Waals surface area contributed by atoms with Crippen molar-refractivity contribution >= 4 is 23.0 Å². The van der Waals surface area contributed by atoms with Gasteiger partial charge in [0.1, 0.15) is 0 Å². The first-order chi connectivity index (χ1) is 7.65. The number of rotatable bonds is 2. The van der Waals surface area contributed by atoms with Crippen molar-refractivity contribution in [2.24, 2.45) is 0 Å². The Hall–Kier alpha value is -1.47. The molecule has 2 aromatic carbocycles. The number of hydrogen-bond acceptors (Lipinski definition) is 1. The predicted molar refractivity (Wildman–Crippen MR) is 70.7 cm³/mol. The van der Waals surface area contributed by atoms with Crippen molar-refractivity contribution in [1.82, 2.24) is 0 Å². The summed E-state index contributed by atoms with van der Waals surface area (Å²) in [6.07, 6.45) is 0. The minimum atomic E-state index is 0.738. The first kappa shape index (κ1) is 11.0. The fourth-order valence-corrected chi connectivity index (χ4v) is 1.95. The van der Waals surface area contributed by atoms with Gasteiger partial charge in [0.05, 0.1) is 10.7 Å². The molecule has 82 valence electrons. The number of hydrogen-bond donors (Lipinski definition) is 1. The molecule has 2 rings (SSSR count). The van der Waals surface area contributed by atoms with Crippen LogP contribution in [0, 0.1) is 13.8 Å². The summed E-state index contributed by atoms with van der Waals surface area (Å²) in [4.78, 5) is 0. The standard InChI is InChI=1S/C14H14ClN/c1-10-7-11(2)9-12(8-10)16-14-6-4-3-5-13(14)15/h3-9,16H,1-2H3. The minimum Gasteiger partial charge on any atom is -0.354 e. The normalized spacial score (nSPS) is 10.2. The van der Waals surface area contributed by atoms with Crippen LogP contribution in [0.4, 0.5) is 11.4 Å². The highest BCUT2D eigenvalue weighted by atomic mass is 35.5. The van der Waals surface area contributed by atoms with E-state index in [1.54, 1.807) is 0 Å². The lowest BCUT2D eigenvalue weighted by molar-refractivity contribution is 1.37. The predicted octanol–water partition coefficient (Wildman–Crippen LogP) is 4.70. The third-order valence-electron chi connectivity index (χ3n) is 2.37. The highest BCUT2D eigenvalue weighted by Crippen LogP contribution is 2.25. The van der Waals surface area contributed by atoms with Gasteiger partial charge in [-0.1, -0.05) is 29.8 Å². The van der Waals surface area contributed by atoms with E-state index in [0.717, 1.165) is 16.4 Å². The van der Waals surface area contributed by atoms with Crippen molar-refractivity contribution in [2.45, 2.75) is 13.8 Å². The fourth-order valence-electron chi connectivity index (χ4n) is 1.76. The second-order valence-electron chi connectivity index (χ2n) is 3.98. The van der Waals surface area contributed by atoms with Gasteiger partial charge in [0.15, 0.2) is 0 Å². The Morgan fingerprint density at radius 3 is 2.19 bits per heavy atom. The molecular weight excluding hydrogens is 218 g/mol. The molecule has 0 bridgehead atoms. The number of nitrogens with one attached hydrogen (secondary N) is 1. The first-order valence-corrected chi connectivity index (χ1v) is 5.63. The molecule has 0 saturated carbocycles. The third kappa shape index (κ3) is 2.56. The number of aryl methyl sites for hydroxylation is 2. The van der Waals surface area contributed by atoms with Crippen molar-refractivity contribution in [1.29, 1.82) is 0 Å². The Balaban J connectivity index is 2.30. The van der Waals surface area contributed by atoms with Gasteiger partial charge in [-0.05, 0) is 49.2 Å². The maximum atomic E-state index is 6.09. The summed E-state index contributed by atoms with van der Waals surface area (Å²) in [6.45, 7) is 4.18. The zero-order chi connectivity index (χ0) is 11.5. The molecule has 0 saturated heterocycles. The topological polar surface area (TPSA) is 12.0 Å². The van der Waals surface area contributed by atoms with Crippen molar-refractivity contribution in [3.8, 4) is 0 Å². The summed E-state index contributed by atoms with van der Waals surface area (Å²) >= 11 is 6.09. The third-order valence-corrected chi connectivity index (χ3v) is 2.70. The van der Waals surface area contributed by atoms with E-state index in [4.69, 9.17) is 11.6 Å². The maximum Gasteiger partial charge on any atom is 0.0640 e. The maximum absolute atomic E-state index is 6.09. The summed E-state index contributed by atoms with van der Waals surface area (Å²) in [7, 11) is 0. The molecule has 1 N–H and O–H groups in total. The van der Waals surface area contributed by atoms with Gasteiger partial charge < -0.3 is 5.32 Å². The van der Waals surface area contributed by atoms with Crippen LogP contribution >= 0.6 is 11.6 Å². The van der Waals surface area contributed by atoms with E-state index in [2.05, 4.69) is 37.4 Å². The molecular formula is C14H14ClN. The van der Waals surface area contributed by atoms with E-state index >= 15 is 0 Å². The van der Waals surface area contributed by atoms with Crippen LogP contribution in [0.2, 0.25) is 5.02 Å².